The zero-order valence-electron chi connectivity index (χ0n) is 8.69. The molecule has 18 heavy (non-hydrogen) atoms. The molecule has 1 rings (SSSR count). The summed E-state index contributed by atoms with van der Waals surface area (Å²) in [7, 11) is 0. The van der Waals surface area contributed by atoms with E-state index in [1.54, 1.807) is 5.32 Å². The molecule has 8 heteroatoms. The predicted octanol–water partition coefficient (Wildman–Crippen LogP) is 3.00. The summed E-state index contributed by atoms with van der Waals surface area (Å²) in [6.45, 7) is -1.53. The van der Waals surface area contributed by atoms with Crippen LogP contribution in [0.1, 0.15) is 15.9 Å². The molecule has 0 aliphatic carbocycles. The fourth-order valence-electron chi connectivity index (χ4n) is 1.09. The van der Waals surface area contributed by atoms with Crippen molar-refractivity contribution in [3.05, 3.63) is 35.4 Å². The van der Waals surface area contributed by atoms with Crippen molar-refractivity contribution in [1.82, 2.24) is 5.32 Å². The van der Waals surface area contributed by atoms with Gasteiger partial charge in [0.15, 0.2) is 0 Å². The molecular weight excluding hydrogens is 264 g/mol. The van der Waals surface area contributed by atoms with Gasteiger partial charge in [-0.05, 0) is 24.3 Å². The first-order chi connectivity index (χ1) is 8.09. The predicted molar refractivity (Wildman–Crippen MR) is 49.8 cm³/mol. The third-order valence-electron chi connectivity index (χ3n) is 1.92. The fraction of sp³-hybridized carbons (Fsp3) is 0.300. The summed E-state index contributed by atoms with van der Waals surface area (Å²) in [5, 5.41) is 1.55. The van der Waals surface area contributed by atoms with Gasteiger partial charge < -0.3 is 5.32 Å². The Bertz CT molecular complexity index is 419. The first-order valence-electron chi connectivity index (χ1n) is 4.62. The molecule has 0 aromatic heterocycles. The lowest BCUT2D eigenvalue weighted by atomic mass is 10.1. The van der Waals surface area contributed by atoms with E-state index in [2.05, 4.69) is 0 Å². The van der Waals surface area contributed by atoms with Crippen LogP contribution in [0.5, 0.6) is 0 Å². The van der Waals surface area contributed by atoms with Gasteiger partial charge in [-0.3, -0.25) is 4.79 Å². The van der Waals surface area contributed by atoms with E-state index in [4.69, 9.17) is 0 Å². The standard InChI is InChI=1S/C10H7F6NO/c11-9(12,13)5-17-8(18)6-1-3-7(4-2-6)10(14,15)16/h1-4H,5H2,(H,17,18). The van der Waals surface area contributed by atoms with Gasteiger partial charge in [-0.25, -0.2) is 0 Å². The molecule has 1 N–H and O–H groups in total. The van der Waals surface area contributed by atoms with Crippen molar-refractivity contribution < 1.29 is 31.1 Å². The molecule has 1 aromatic rings. The summed E-state index contributed by atoms with van der Waals surface area (Å²) in [5.74, 6) is -1.08. The second-order valence-corrected chi connectivity index (χ2v) is 3.37. The average molecular weight is 271 g/mol. The molecule has 0 spiro atoms. The Balaban J connectivity index is 2.71. The van der Waals surface area contributed by atoms with Crippen LogP contribution in [0.2, 0.25) is 0 Å². The highest BCUT2D eigenvalue weighted by Crippen LogP contribution is 2.29. The lowest BCUT2D eigenvalue weighted by molar-refractivity contribution is -0.137. The third-order valence-corrected chi connectivity index (χ3v) is 1.92. The third kappa shape index (κ3) is 4.27. The fourth-order valence-corrected chi connectivity index (χ4v) is 1.09. The summed E-state index contributed by atoms with van der Waals surface area (Å²) in [4.78, 5) is 11.2. The van der Waals surface area contributed by atoms with Crippen molar-refractivity contribution >= 4 is 5.91 Å². The van der Waals surface area contributed by atoms with Crippen molar-refractivity contribution in [3.63, 3.8) is 0 Å². The second-order valence-electron chi connectivity index (χ2n) is 3.37. The van der Waals surface area contributed by atoms with Gasteiger partial charge in [0.25, 0.3) is 5.91 Å². The average Bonchev–Trinajstić information content (AvgIpc) is 2.24. The summed E-state index contributed by atoms with van der Waals surface area (Å²) in [5.41, 5.74) is -1.25. The minimum Gasteiger partial charge on any atom is -0.343 e. The summed E-state index contributed by atoms with van der Waals surface area (Å²) >= 11 is 0. The highest BCUT2D eigenvalue weighted by atomic mass is 19.4. The maximum Gasteiger partial charge on any atom is 0.416 e. The largest absolute Gasteiger partial charge is 0.416 e. The molecule has 2 nitrogen and oxygen atoms in total. The van der Waals surface area contributed by atoms with Crippen molar-refractivity contribution in [2.24, 2.45) is 0 Å². The van der Waals surface area contributed by atoms with Gasteiger partial charge in [-0.2, -0.15) is 26.3 Å². The SMILES string of the molecule is O=C(NCC(F)(F)F)c1ccc(C(F)(F)F)cc1. The highest BCUT2D eigenvalue weighted by molar-refractivity contribution is 5.94. The molecule has 0 saturated carbocycles. The topological polar surface area (TPSA) is 29.1 Å². The van der Waals surface area contributed by atoms with Crippen LogP contribution in [0.3, 0.4) is 0 Å². The molecule has 0 aliphatic rings. The number of benzene rings is 1. The van der Waals surface area contributed by atoms with Crippen molar-refractivity contribution in [3.8, 4) is 0 Å². The van der Waals surface area contributed by atoms with Crippen LogP contribution in [0, 0.1) is 0 Å². The van der Waals surface area contributed by atoms with E-state index in [1.807, 2.05) is 0 Å². The molecular formula is C10H7F6NO. The Hall–Kier alpha value is -1.73. The number of hydrogen-bond donors (Lipinski definition) is 1. The first kappa shape index (κ1) is 14.3. The summed E-state index contributed by atoms with van der Waals surface area (Å²) < 4.78 is 71.9. The summed E-state index contributed by atoms with van der Waals surface area (Å²) in [6.07, 6.45) is -9.12. The number of carbonyl (C=O) groups is 1. The molecule has 0 saturated heterocycles. The van der Waals surface area contributed by atoms with E-state index in [0.717, 1.165) is 12.1 Å². The van der Waals surface area contributed by atoms with E-state index in [0.29, 0.717) is 12.1 Å². The molecule has 0 radical (unpaired) electrons. The maximum absolute atomic E-state index is 12.2. The highest BCUT2D eigenvalue weighted by Gasteiger charge is 2.31. The van der Waals surface area contributed by atoms with Gasteiger partial charge in [-0.15, -0.1) is 0 Å². The molecule has 100 valence electrons. The van der Waals surface area contributed by atoms with Gasteiger partial charge in [0.1, 0.15) is 6.54 Å². The van der Waals surface area contributed by atoms with E-state index in [1.165, 1.54) is 0 Å². The lowest BCUT2D eigenvalue weighted by Gasteiger charge is -2.09. The Morgan fingerprint density at radius 2 is 1.50 bits per heavy atom. The van der Waals surface area contributed by atoms with Crippen LogP contribution in [0.4, 0.5) is 26.3 Å². The van der Waals surface area contributed by atoms with E-state index in [-0.39, 0.29) is 5.56 Å². The number of nitrogens with one attached hydrogen (secondary N) is 1. The van der Waals surface area contributed by atoms with Crippen LogP contribution in [0.25, 0.3) is 0 Å². The van der Waals surface area contributed by atoms with Gasteiger partial charge in [-0.1, -0.05) is 0 Å². The van der Waals surface area contributed by atoms with Crippen molar-refractivity contribution in [1.29, 1.82) is 0 Å². The Morgan fingerprint density at radius 3 is 1.89 bits per heavy atom. The zero-order valence-corrected chi connectivity index (χ0v) is 8.69. The van der Waals surface area contributed by atoms with Crippen molar-refractivity contribution in [2.75, 3.05) is 6.54 Å². The van der Waals surface area contributed by atoms with Crippen LogP contribution in [-0.4, -0.2) is 18.6 Å². The Kier molecular flexibility index (Phi) is 3.88. The number of halogens is 6. The molecule has 1 amide bonds. The Morgan fingerprint density at radius 1 is 1.00 bits per heavy atom. The van der Waals surface area contributed by atoms with Crippen LogP contribution in [-0.2, 0) is 6.18 Å². The van der Waals surface area contributed by atoms with Gasteiger partial charge in [0.2, 0.25) is 0 Å². The number of amides is 1. The molecule has 1 aromatic carbocycles. The zero-order chi connectivity index (χ0) is 14.0. The second kappa shape index (κ2) is 4.87. The smallest absolute Gasteiger partial charge is 0.343 e. The molecule has 0 aliphatic heterocycles. The minimum absolute atomic E-state index is 0.271. The monoisotopic (exact) mass is 271 g/mol. The van der Waals surface area contributed by atoms with Gasteiger partial charge in [0, 0.05) is 5.56 Å². The van der Waals surface area contributed by atoms with Gasteiger partial charge >= 0.3 is 12.4 Å². The molecule has 0 unspecified atom stereocenters. The molecule has 0 fully saturated rings. The molecule has 0 heterocycles. The van der Waals surface area contributed by atoms with Crippen LogP contribution in [0.15, 0.2) is 24.3 Å². The molecule has 0 atom stereocenters. The van der Waals surface area contributed by atoms with E-state index < -0.39 is 30.4 Å². The lowest BCUT2D eigenvalue weighted by Crippen LogP contribution is -2.33. The van der Waals surface area contributed by atoms with Crippen molar-refractivity contribution in [2.45, 2.75) is 12.4 Å². The summed E-state index contributed by atoms with van der Waals surface area (Å²) in [6, 6.07) is 2.88. The number of hydrogen-bond acceptors (Lipinski definition) is 1. The quantitative estimate of drug-likeness (QED) is 0.823. The van der Waals surface area contributed by atoms with E-state index >= 15 is 0 Å². The van der Waals surface area contributed by atoms with E-state index in [9.17, 15) is 31.1 Å². The van der Waals surface area contributed by atoms with Gasteiger partial charge in [0.05, 0.1) is 5.56 Å². The first-order valence-corrected chi connectivity index (χ1v) is 4.62. The number of alkyl halides is 6. The van der Waals surface area contributed by atoms with Crippen LogP contribution >= 0.6 is 0 Å². The van der Waals surface area contributed by atoms with Crippen LogP contribution < -0.4 is 5.32 Å². The normalized spacial score (nSPS) is 12.3. The Labute approximate surface area is 97.6 Å². The molecule has 0 bridgehead atoms. The number of rotatable bonds is 2. The maximum atomic E-state index is 12.2. The minimum atomic E-state index is -4.57. The number of carbonyl (C=O) groups excluding carboxylic acids is 1.